The van der Waals surface area contributed by atoms with Crippen LogP contribution in [0.1, 0.15) is 36.6 Å². The second kappa shape index (κ2) is 8.07. The van der Waals surface area contributed by atoms with Crippen molar-refractivity contribution in [2.45, 2.75) is 37.8 Å². The number of rotatable bonds is 5. The number of hydrogen-bond acceptors (Lipinski definition) is 4. The van der Waals surface area contributed by atoms with Gasteiger partial charge in [0.2, 0.25) is 5.91 Å². The molecule has 1 unspecified atom stereocenters. The SMILES string of the molecule is C#CC(=O)N(c1cccc(O)c1)C(C(=O)NC1CCCC1)c1cccs1. The third-order valence-corrected chi connectivity index (χ3v) is 5.40. The number of carbonyl (C=O) groups is 2. The summed E-state index contributed by atoms with van der Waals surface area (Å²) in [7, 11) is 0. The Hall–Kier alpha value is -2.78. The van der Waals surface area contributed by atoms with E-state index < -0.39 is 11.9 Å². The molecule has 3 rings (SSSR count). The summed E-state index contributed by atoms with van der Waals surface area (Å²) in [6.45, 7) is 0. The molecule has 0 spiro atoms. The molecule has 1 aromatic heterocycles. The van der Waals surface area contributed by atoms with Crippen molar-refractivity contribution < 1.29 is 14.7 Å². The highest BCUT2D eigenvalue weighted by molar-refractivity contribution is 7.10. The predicted molar refractivity (Wildman–Crippen MR) is 102 cm³/mol. The zero-order valence-electron chi connectivity index (χ0n) is 14.2. The number of carbonyl (C=O) groups excluding carboxylic acids is 2. The first-order valence-corrected chi connectivity index (χ1v) is 9.40. The monoisotopic (exact) mass is 368 g/mol. The fraction of sp³-hybridized carbons (Fsp3) is 0.300. The molecule has 6 heteroatoms. The van der Waals surface area contributed by atoms with E-state index in [9.17, 15) is 14.7 Å². The molecule has 1 fully saturated rings. The van der Waals surface area contributed by atoms with Crippen molar-refractivity contribution in [3.05, 3.63) is 46.7 Å². The van der Waals surface area contributed by atoms with E-state index in [0.29, 0.717) is 10.6 Å². The summed E-state index contributed by atoms with van der Waals surface area (Å²) in [6, 6.07) is 9.08. The average Bonchev–Trinajstić information content (AvgIpc) is 3.32. The van der Waals surface area contributed by atoms with Gasteiger partial charge in [0, 0.05) is 22.7 Å². The highest BCUT2D eigenvalue weighted by atomic mass is 32.1. The zero-order valence-corrected chi connectivity index (χ0v) is 15.0. The van der Waals surface area contributed by atoms with Gasteiger partial charge in [0.05, 0.1) is 0 Å². The topological polar surface area (TPSA) is 69.6 Å². The molecule has 1 atom stereocenters. The van der Waals surface area contributed by atoms with Crippen molar-refractivity contribution in [2.75, 3.05) is 4.90 Å². The molecule has 1 saturated carbocycles. The molecule has 2 amide bonds. The van der Waals surface area contributed by atoms with Crippen LogP contribution in [-0.4, -0.2) is 23.0 Å². The third-order valence-electron chi connectivity index (χ3n) is 4.47. The van der Waals surface area contributed by atoms with Crippen LogP contribution in [-0.2, 0) is 9.59 Å². The molecule has 0 saturated heterocycles. The molecule has 0 radical (unpaired) electrons. The van der Waals surface area contributed by atoms with E-state index in [1.54, 1.807) is 12.1 Å². The fourth-order valence-electron chi connectivity index (χ4n) is 3.27. The summed E-state index contributed by atoms with van der Waals surface area (Å²) in [5.41, 5.74) is 0.382. The molecular weight excluding hydrogens is 348 g/mol. The number of benzene rings is 1. The molecule has 1 aliphatic carbocycles. The molecule has 26 heavy (non-hydrogen) atoms. The third kappa shape index (κ3) is 3.89. The van der Waals surface area contributed by atoms with Gasteiger partial charge in [0.25, 0.3) is 0 Å². The molecule has 134 valence electrons. The number of nitrogens with zero attached hydrogens (tertiary/aromatic N) is 1. The number of aromatic hydroxyl groups is 1. The first-order valence-electron chi connectivity index (χ1n) is 8.53. The first kappa shape index (κ1) is 18.0. The molecule has 1 aromatic carbocycles. The lowest BCUT2D eigenvalue weighted by Crippen LogP contribution is -2.45. The maximum Gasteiger partial charge on any atom is 0.303 e. The highest BCUT2D eigenvalue weighted by Gasteiger charge is 2.34. The summed E-state index contributed by atoms with van der Waals surface area (Å²) >= 11 is 1.39. The lowest BCUT2D eigenvalue weighted by molar-refractivity contribution is -0.125. The van der Waals surface area contributed by atoms with E-state index in [1.165, 1.54) is 28.4 Å². The van der Waals surface area contributed by atoms with Crippen LogP contribution in [0, 0.1) is 12.3 Å². The van der Waals surface area contributed by atoms with E-state index in [-0.39, 0.29) is 17.7 Å². The smallest absolute Gasteiger partial charge is 0.303 e. The van der Waals surface area contributed by atoms with Crippen molar-refractivity contribution in [3.8, 4) is 18.1 Å². The Balaban J connectivity index is 2.00. The number of phenolic OH excluding ortho intramolecular Hbond substituents is 1. The minimum absolute atomic E-state index is 0.00143. The second-order valence-corrected chi connectivity index (χ2v) is 7.23. The van der Waals surface area contributed by atoms with Gasteiger partial charge in [-0.25, -0.2) is 0 Å². The van der Waals surface area contributed by atoms with Crippen LogP contribution in [0.15, 0.2) is 41.8 Å². The summed E-state index contributed by atoms with van der Waals surface area (Å²) in [5, 5.41) is 14.7. The number of amides is 2. The van der Waals surface area contributed by atoms with Gasteiger partial charge in [0.1, 0.15) is 5.75 Å². The summed E-state index contributed by atoms with van der Waals surface area (Å²) in [5.74, 6) is 1.22. The van der Waals surface area contributed by atoms with Gasteiger partial charge in [-0.15, -0.1) is 17.8 Å². The fourth-order valence-corrected chi connectivity index (χ4v) is 4.08. The summed E-state index contributed by atoms with van der Waals surface area (Å²) in [4.78, 5) is 27.6. The molecule has 5 nitrogen and oxygen atoms in total. The molecule has 0 aliphatic heterocycles. The molecule has 2 N–H and O–H groups in total. The summed E-state index contributed by atoms with van der Waals surface area (Å²) in [6.07, 6.45) is 9.44. The van der Waals surface area contributed by atoms with E-state index in [4.69, 9.17) is 6.42 Å². The van der Waals surface area contributed by atoms with Crippen molar-refractivity contribution in [1.29, 1.82) is 0 Å². The van der Waals surface area contributed by atoms with Gasteiger partial charge < -0.3 is 10.4 Å². The van der Waals surface area contributed by atoms with E-state index >= 15 is 0 Å². The van der Waals surface area contributed by atoms with Crippen molar-refractivity contribution >= 4 is 28.8 Å². The Morgan fingerprint density at radius 3 is 2.65 bits per heavy atom. The Morgan fingerprint density at radius 1 is 1.27 bits per heavy atom. The van der Waals surface area contributed by atoms with Crippen molar-refractivity contribution in [2.24, 2.45) is 0 Å². The van der Waals surface area contributed by atoms with Crippen LogP contribution in [0.4, 0.5) is 5.69 Å². The molecule has 1 aliphatic rings. The van der Waals surface area contributed by atoms with E-state index in [1.807, 2.05) is 17.5 Å². The van der Waals surface area contributed by atoms with Gasteiger partial charge in [-0.2, -0.15) is 0 Å². The maximum atomic E-state index is 13.1. The number of anilines is 1. The van der Waals surface area contributed by atoms with Crippen LogP contribution in [0.2, 0.25) is 0 Å². The Labute approximate surface area is 156 Å². The normalized spacial score (nSPS) is 15.2. The van der Waals surface area contributed by atoms with Crippen LogP contribution in [0.5, 0.6) is 5.75 Å². The van der Waals surface area contributed by atoms with Gasteiger partial charge >= 0.3 is 5.91 Å². The van der Waals surface area contributed by atoms with E-state index in [0.717, 1.165) is 25.7 Å². The average molecular weight is 368 g/mol. The first-order chi connectivity index (χ1) is 12.6. The predicted octanol–water partition coefficient (Wildman–Crippen LogP) is 3.22. The Kier molecular flexibility index (Phi) is 5.59. The molecule has 0 bridgehead atoms. The zero-order chi connectivity index (χ0) is 18.5. The number of terminal acetylenes is 1. The van der Waals surface area contributed by atoms with Gasteiger partial charge in [0.15, 0.2) is 6.04 Å². The Morgan fingerprint density at radius 2 is 2.04 bits per heavy atom. The van der Waals surface area contributed by atoms with Gasteiger partial charge in [-0.3, -0.25) is 14.5 Å². The van der Waals surface area contributed by atoms with E-state index in [2.05, 4.69) is 11.2 Å². The lowest BCUT2D eigenvalue weighted by atomic mass is 10.1. The number of hydrogen-bond donors (Lipinski definition) is 2. The van der Waals surface area contributed by atoms with Crippen LogP contribution < -0.4 is 10.2 Å². The number of phenols is 1. The van der Waals surface area contributed by atoms with Gasteiger partial charge in [-0.1, -0.05) is 25.0 Å². The molecule has 1 heterocycles. The highest BCUT2D eigenvalue weighted by Crippen LogP contribution is 2.32. The number of thiophene rings is 1. The Bertz CT molecular complexity index is 820. The van der Waals surface area contributed by atoms with Crippen LogP contribution >= 0.6 is 11.3 Å². The molecular formula is C20H20N2O3S. The van der Waals surface area contributed by atoms with Crippen LogP contribution in [0.25, 0.3) is 0 Å². The standard InChI is InChI=1S/C20H20N2O3S/c1-2-18(24)22(15-9-5-10-16(23)13-15)19(17-11-6-12-26-17)20(25)21-14-7-3-4-8-14/h1,5-6,9-14,19,23H,3-4,7-8H2,(H,21,25). The van der Waals surface area contributed by atoms with Crippen molar-refractivity contribution in [1.82, 2.24) is 5.32 Å². The minimum Gasteiger partial charge on any atom is -0.508 e. The van der Waals surface area contributed by atoms with Gasteiger partial charge in [-0.05, 0) is 42.3 Å². The van der Waals surface area contributed by atoms with Crippen molar-refractivity contribution in [3.63, 3.8) is 0 Å². The summed E-state index contributed by atoms with van der Waals surface area (Å²) < 4.78 is 0. The minimum atomic E-state index is -0.874. The quantitative estimate of drug-likeness (QED) is 0.796. The maximum absolute atomic E-state index is 13.1. The largest absolute Gasteiger partial charge is 0.508 e. The molecule has 2 aromatic rings. The lowest BCUT2D eigenvalue weighted by Gasteiger charge is -2.30. The van der Waals surface area contributed by atoms with Crippen LogP contribution in [0.3, 0.4) is 0 Å². The second-order valence-electron chi connectivity index (χ2n) is 6.25. The number of nitrogens with one attached hydrogen (secondary N) is 1.